The molecule has 0 unspecified atom stereocenters. The second-order valence-electron chi connectivity index (χ2n) is 4.60. The van der Waals surface area contributed by atoms with Gasteiger partial charge in [0.15, 0.2) is 0 Å². The normalized spacial score (nSPS) is 11.4. The minimum atomic E-state index is -3.63. The molecule has 7 heteroatoms. The molecule has 2 aromatic carbocycles. The molecule has 0 radical (unpaired) electrons. The van der Waals surface area contributed by atoms with Gasteiger partial charge < -0.3 is 10.2 Å². The Balaban J connectivity index is 2.23. The molecule has 2 aromatic rings. The number of hydrogen-bond acceptors (Lipinski definition) is 4. The van der Waals surface area contributed by atoms with E-state index >= 15 is 0 Å². The van der Waals surface area contributed by atoms with E-state index in [1.54, 1.807) is 30.3 Å². The largest absolute Gasteiger partial charge is 0.507 e. The van der Waals surface area contributed by atoms with E-state index in [0.717, 1.165) is 0 Å². The molecule has 6 nitrogen and oxygen atoms in total. The van der Waals surface area contributed by atoms with Crippen molar-refractivity contribution in [2.45, 2.75) is 12.8 Å². The number of fused-ring (bicyclic) bond motifs is 1. The molecule has 0 saturated heterocycles. The lowest BCUT2D eigenvalue weighted by atomic mass is 10.1. The van der Waals surface area contributed by atoms with Crippen LogP contribution in [0, 0.1) is 0 Å². The Bertz CT molecular complexity index is 770. The summed E-state index contributed by atoms with van der Waals surface area (Å²) in [5.74, 6) is -1.23. The molecule has 21 heavy (non-hydrogen) atoms. The lowest BCUT2D eigenvalue weighted by Crippen LogP contribution is -2.17. The molecule has 0 aliphatic rings. The third-order valence-corrected chi connectivity index (χ3v) is 4.33. The molecule has 0 aliphatic carbocycles. The maximum atomic E-state index is 11.9. The van der Waals surface area contributed by atoms with E-state index in [-0.39, 0.29) is 24.3 Å². The topological polar surface area (TPSA) is 104 Å². The summed E-state index contributed by atoms with van der Waals surface area (Å²) in [5, 5.41) is 19.4. The van der Waals surface area contributed by atoms with Crippen LogP contribution in [-0.2, 0) is 14.8 Å². The Kier molecular flexibility index (Phi) is 4.32. The highest BCUT2D eigenvalue weighted by Gasteiger charge is 2.13. The molecule has 0 aromatic heterocycles. The van der Waals surface area contributed by atoms with Crippen molar-refractivity contribution in [1.29, 1.82) is 0 Å². The fourth-order valence-corrected chi connectivity index (χ4v) is 3.15. The quantitative estimate of drug-likeness (QED) is 0.758. The molecular formula is C14H15NO5S. The molecule has 3 N–H and O–H groups in total. The second kappa shape index (κ2) is 6.01. The molecule has 0 aliphatic heterocycles. The predicted molar refractivity (Wildman–Crippen MR) is 79.9 cm³/mol. The van der Waals surface area contributed by atoms with Crippen LogP contribution in [0.1, 0.15) is 12.8 Å². The number of aromatic hydroxyl groups is 1. The number of phenolic OH excluding ortho intramolecular Hbond substituents is 1. The number of carboxylic acids is 1. The number of sulfonamides is 1. The van der Waals surface area contributed by atoms with E-state index in [9.17, 15) is 18.3 Å². The van der Waals surface area contributed by atoms with Crippen LogP contribution in [0.2, 0.25) is 0 Å². The first-order valence-electron chi connectivity index (χ1n) is 6.32. The minimum absolute atomic E-state index is 0.0423. The Morgan fingerprint density at radius 2 is 1.76 bits per heavy atom. The van der Waals surface area contributed by atoms with Crippen LogP contribution in [-0.4, -0.2) is 30.4 Å². The average molecular weight is 309 g/mol. The highest BCUT2D eigenvalue weighted by molar-refractivity contribution is 7.92. The molecular weight excluding hydrogens is 294 g/mol. The van der Waals surface area contributed by atoms with Gasteiger partial charge in [0.25, 0.3) is 0 Å². The number of anilines is 1. The summed E-state index contributed by atoms with van der Waals surface area (Å²) in [4.78, 5) is 10.4. The summed E-state index contributed by atoms with van der Waals surface area (Å²) in [6, 6.07) is 9.76. The zero-order chi connectivity index (χ0) is 15.5. The van der Waals surface area contributed by atoms with E-state index in [1.807, 2.05) is 0 Å². The molecule has 0 saturated carbocycles. The van der Waals surface area contributed by atoms with E-state index in [4.69, 9.17) is 5.11 Å². The Hall–Kier alpha value is -2.28. The van der Waals surface area contributed by atoms with Crippen LogP contribution < -0.4 is 4.72 Å². The van der Waals surface area contributed by atoms with Crippen LogP contribution >= 0.6 is 0 Å². The van der Waals surface area contributed by atoms with Crippen molar-refractivity contribution in [2.75, 3.05) is 10.5 Å². The van der Waals surface area contributed by atoms with Gasteiger partial charge in [-0.25, -0.2) is 8.42 Å². The molecule has 0 spiro atoms. The van der Waals surface area contributed by atoms with Crippen molar-refractivity contribution < 1.29 is 23.4 Å². The molecule has 0 heterocycles. The van der Waals surface area contributed by atoms with Gasteiger partial charge in [-0.15, -0.1) is 0 Å². The first kappa shape index (κ1) is 15.1. The Morgan fingerprint density at radius 3 is 2.48 bits per heavy atom. The molecule has 112 valence electrons. The highest BCUT2D eigenvalue weighted by Crippen LogP contribution is 2.30. The highest BCUT2D eigenvalue weighted by atomic mass is 32.2. The third kappa shape index (κ3) is 3.85. The van der Waals surface area contributed by atoms with Gasteiger partial charge in [0.2, 0.25) is 10.0 Å². The molecule has 0 bridgehead atoms. The van der Waals surface area contributed by atoms with Crippen LogP contribution in [0.25, 0.3) is 10.8 Å². The van der Waals surface area contributed by atoms with Crippen molar-refractivity contribution >= 4 is 32.5 Å². The predicted octanol–water partition coefficient (Wildman–Crippen LogP) is 2.15. The van der Waals surface area contributed by atoms with Crippen LogP contribution in [0.15, 0.2) is 36.4 Å². The number of nitrogens with one attached hydrogen (secondary N) is 1. The number of phenols is 1. The zero-order valence-electron chi connectivity index (χ0n) is 11.1. The molecule has 0 amide bonds. The fraction of sp³-hybridized carbons (Fsp3) is 0.214. The fourth-order valence-electron chi connectivity index (χ4n) is 2.01. The second-order valence-corrected chi connectivity index (χ2v) is 6.44. The van der Waals surface area contributed by atoms with E-state index in [1.165, 1.54) is 6.07 Å². The maximum absolute atomic E-state index is 11.9. The van der Waals surface area contributed by atoms with Gasteiger partial charge in [0.05, 0.1) is 11.4 Å². The minimum Gasteiger partial charge on any atom is -0.507 e. The number of carbonyl (C=O) groups is 1. The molecule has 0 atom stereocenters. The smallest absolute Gasteiger partial charge is 0.303 e. The summed E-state index contributed by atoms with van der Waals surface area (Å²) in [5.41, 5.74) is 0.360. The lowest BCUT2D eigenvalue weighted by molar-refractivity contribution is -0.137. The number of aliphatic carboxylic acids is 1. The van der Waals surface area contributed by atoms with E-state index in [0.29, 0.717) is 16.5 Å². The monoisotopic (exact) mass is 309 g/mol. The lowest BCUT2D eigenvalue weighted by Gasteiger charge is -2.11. The van der Waals surface area contributed by atoms with Crippen molar-refractivity contribution in [2.24, 2.45) is 0 Å². The summed E-state index contributed by atoms with van der Waals surface area (Å²) in [6.45, 7) is 0. The van der Waals surface area contributed by atoms with Gasteiger partial charge in [-0.3, -0.25) is 9.52 Å². The Labute approximate surface area is 122 Å². The van der Waals surface area contributed by atoms with Crippen molar-refractivity contribution in [3.63, 3.8) is 0 Å². The van der Waals surface area contributed by atoms with Gasteiger partial charge in [-0.05, 0) is 18.6 Å². The van der Waals surface area contributed by atoms with Crippen molar-refractivity contribution in [3.05, 3.63) is 36.4 Å². The van der Waals surface area contributed by atoms with Gasteiger partial charge in [-0.1, -0.05) is 24.3 Å². The summed E-state index contributed by atoms with van der Waals surface area (Å²) in [7, 11) is -3.63. The first-order valence-corrected chi connectivity index (χ1v) is 7.97. The van der Waals surface area contributed by atoms with Crippen LogP contribution in [0.3, 0.4) is 0 Å². The third-order valence-electron chi connectivity index (χ3n) is 2.97. The van der Waals surface area contributed by atoms with Gasteiger partial charge in [0, 0.05) is 17.2 Å². The number of benzene rings is 2. The first-order chi connectivity index (χ1) is 9.89. The maximum Gasteiger partial charge on any atom is 0.303 e. The standard InChI is InChI=1S/C14H15NO5S/c16-13-7-2-4-10-11(13)5-1-6-12(10)15-21(19,20)9-3-8-14(17)18/h1-2,4-7,15-16H,3,8-9H2,(H,17,18). The van der Waals surface area contributed by atoms with Crippen LogP contribution in [0.4, 0.5) is 5.69 Å². The van der Waals surface area contributed by atoms with E-state index < -0.39 is 16.0 Å². The molecule has 0 fully saturated rings. The number of hydrogen-bond donors (Lipinski definition) is 3. The molecule has 2 rings (SSSR count). The average Bonchev–Trinajstić information content (AvgIpc) is 2.39. The zero-order valence-corrected chi connectivity index (χ0v) is 11.9. The van der Waals surface area contributed by atoms with E-state index in [2.05, 4.69) is 4.72 Å². The summed E-state index contributed by atoms with van der Waals surface area (Å²) in [6.07, 6.45) is -0.155. The Morgan fingerprint density at radius 1 is 1.10 bits per heavy atom. The van der Waals surface area contributed by atoms with Gasteiger partial charge in [0.1, 0.15) is 5.75 Å². The van der Waals surface area contributed by atoms with Crippen molar-refractivity contribution in [3.8, 4) is 5.75 Å². The van der Waals surface area contributed by atoms with Gasteiger partial charge >= 0.3 is 5.97 Å². The van der Waals surface area contributed by atoms with Crippen molar-refractivity contribution in [1.82, 2.24) is 0 Å². The number of carboxylic acid groups (broad SMARTS) is 1. The summed E-state index contributed by atoms with van der Waals surface area (Å²) < 4.78 is 26.3. The van der Waals surface area contributed by atoms with Crippen LogP contribution in [0.5, 0.6) is 5.75 Å². The SMILES string of the molecule is O=C(O)CCCS(=O)(=O)Nc1cccc2c(O)cccc12. The number of rotatable bonds is 6. The van der Waals surface area contributed by atoms with Gasteiger partial charge in [-0.2, -0.15) is 0 Å². The summed E-state index contributed by atoms with van der Waals surface area (Å²) >= 11 is 0.